The summed E-state index contributed by atoms with van der Waals surface area (Å²) < 4.78 is 2.16. The molecule has 0 atom stereocenters. The van der Waals surface area contributed by atoms with Gasteiger partial charge in [0, 0.05) is 7.05 Å². The Morgan fingerprint density at radius 2 is 1.87 bits per heavy atom. The van der Waals surface area contributed by atoms with E-state index < -0.39 is 0 Å². The van der Waals surface area contributed by atoms with Gasteiger partial charge in [-0.15, -0.1) is 0 Å². The van der Waals surface area contributed by atoms with Gasteiger partial charge in [0.05, 0.1) is 11.0 Å². The molecule has 0 aliphatic heterocycles. The summed E-state index contributed by atoms with van der Waals surface area (Å²) in [5, 5.41) is 0. The lowest BCUT2D eigenvalue weighted by molar-refractivity contribution is 0.859. The first kappa shape index (κ1) is 10.2. The first-order chi connectivity index (χ1) is 7.00. The van der Waals surface area contributed by atoms with Crippen molar-refractivity contribution in [3.8, 4) is 0 Å². The Morgan fingerprint density at radius 1 is 1.20 bits per heavy atom. The Labute approximate surface area is 90.9 Å². The molecule has 0 saturated carbocycles. The van der Waals surface area contributed by atoms with Crippen molar-refractivity contribution in [2.45, 2.75) is 33.6 Å². The van der Waals surface area contributed by atoms with Gasteiger partial charge in [0.2, 0.25) is 0 Å². The molecular weight excluding hydrogens is 184 g/mol. The molecule has 0 spiro atoms. The summed E-state index contributed by atoms with van der Waals surface area (Å²) >= 11 is 0. The van der Waals surface area contributed by atoms with Crippen molar-refractivity contribution >= 4 is 11.0 Å². The van der Waals surface area contributed by atoms with Gasteiger partial charge >= 0.3 is 0 Å². The van der Waals surface area contributed by atoms with Crippen molar-refractivity contribution in [3.63, 3.8) is 0 Å². The van der Waals surface area contributed by atoms with E-state index in [1.807, 2.05) is 0 Å². The predicted molar refractivity (Wildman–Crippen MR) is 64.3 cm³/mol. The Hall–Kier alpha value is -1.31. The number of rotatable bonds is 1. The maximum absolute atomic E-state index is 4.58. The summed E-state index contributed by atoms with van der Waals surface area (Å²) in [6.45, 7) is 8.64. The van der Waals surface area contributed by atoms with Crippen molar-refractivity contribution in [2.75, 3.05) is 0 Å². The molecule has 0 fully saturated rings. The zero-order chi connectivity index (χ0) is 11.2. The van der Waals surface area contributed by atoms with E-state index in [4.69, 9.17) is 0 Å². The highest BCUT2D eigenvalue weighted by atomic mass is 15.0. The summed E-state index contributed by atoms with van der Waals surface area (Å²) in [5.41, 5.74) is 5.05. The minimum absolute atomic E-state index is 0.573. The van der Waals surface area contributed by atoms with Crippen molar-refractivity contribution in [2.24, 2.45) is 7.05 Å². The third-order valence-corrected chi connectivity index (χ3v) is 3.09. The molecule has 0 saturated heterocycles. The van der Waals surface area contributed by atoms with Gasteiger partial charge in [0.15, 0.2) is 0 Å². The Bertz CT molecular complexity index is 507. The molecule has 2 aromatic rings. The lowest BCUT2D eigenvalue weighted by Crippen LogP contribution is -1.93. The third kappa shape index (κ3) is 1.54. The number of hydrogen-bond donors (Lipinski definition) is 0. The molecule has 0 aliphatic rings. The fourth-order valence-electron chi connectivity index (χ4n) is 1.93. The first-order valence-corrected chi connectivity index (χ1v) is 5.44. The second kappa shape index (κ2) is 3.37. The van der Waals surface area contributed by atoms with E-state index >= 15 is 0 Å². The van der Waals surface area contributed by atoms with Crippen molar-refractivity contribution in [1.82, 2.24) is 9.55 Å². The SMILES string of the molecule is Cc1cc(C(C)C)cc2c1nc(C)n2C. The molecule has 0 bridgehead atoms. The standard InChI is InChI=1S/C13H18N2/c1-8(2)11-6-9(3)13-12(7-11)15(5)10(4)14-13/h6-8H,1-5H3. The summed E-state index contributed by atoms with van der Waals surface area (Å²) in [4.78, 5) is 4.58. The average molecular weight is 202 g/mol. The zero-order valence-corrected chi connectivity index (χ0v) is 10.1. The normalized spacial score (nSPS) is 11.6. The highest BCUT2D eigenvalue weighted by molar-refractivity contribution is 5.80. The number of benzene rings is 1. The van der Waals surface area contributed by atoms with Crippen LogP contribution in [0.15, 0.2) is 12.1 Å². The van der Waals surface area contributed by atoms with Crippen LogP contribution < -0.4 is 0 Å². The summed E-state index contributed by atoms with van der Waals surface area (Å²) in [6, 6.07) is 4.51. The molecule has 0 radical (unpaired) electrons. The van der Waals surface area contributed by atoms with Crippen LogP contribution in [0.2, 0.25) is 0 Å². The summed E-state index contributed by atoms with van der Waals surface area (Å²) in [7, 11) is 2.08. The lowest BCUT2D eigenvalue weighted by Gasteiger charge is -2.07. The van der Waals surface area contributed by atoms with Crippen molar-refractivity contribution < 1.29 is 0 Å². The summed E-state index contributed by atoms with van der Waals surface area (Å²) in [5.74, 6) is 1.65. The molecule has 1 heterocycles. The second-order valence-electron chi connectivity index (χ2n) is 4.58. The molecule has 1 aromatic carbocycles. The van der Waals surface area contributed by atoms with E-state index in [0.717, 1.165) is 11.3 Å². The van der Waals surface area contributed by atoms with Gasteiger partial charge in [0.25, 0.3) is 0 Å². The monoisotopic (exact) mass is 202 g/mol. The second-order valence-corrected chi connectivity index (χ2v) is 4.58. The number of fused-ring (bicyclic) bond motifs is 1. The Kier molecular flexibility index (Phi) is 2.29. The molecule has 1 aromatic heterocycles. The molecule has 2 nitrogen and oxygen atoms in total. The number of hydrogen-bond acceptors (Lipinski definition) is 1. The van der Waals surface area contributed by atoms with Gasteiger partial charge < -0.3 is 4.57 Å². The van der Waals surface area contributed by atoms with Crippen LogP contribution in [0.1, 0.15) is 36.7 Å². The fraction of sp³-hybridized carbons (Fsp3) is 0.462. The minimum Gasteiger partial charge on any atom is -0.331 e. The van der Waals surface area contributed by atoms with Gasteiger partial charge in [-0.2, -0.15) is 0 Å². The molecule has 0 aliphatic carbocycles. The highest BCUT2D eigenvalue weighted by Crippen LogP contribution is 2.24. The van der Waals surface area contributed by atoms with Gasteiger partial charge in [-0.25, -0.2) is 4.98 Å². The number of aryl methyl sites for hydroxylation is 3. The third-order valence-electron chi connectivity index (χ3n) is 3.09. The quantitative estimate of drug-likeness (QED) is 0.693. The molecule has 80 valence electrons. The maximum atomic E-state index is 4.58. The number of aromatic nitrogens is 2. The van der Waals surface area contributed by atoms with Crippen LogP contribution >= 0.6 is 0 Å². The van der Waals surface area contributed by atoms with E-state index in [9.17, 15) is 0 Å². The summed E-state index contributed by atoms with van der Waals surface area (Å²) in [6.07, 6.45) is 0. The molecule has 2 heteroatoms. The van der Waals surface area contributed by atoms with Crippen LogP contribution in [0, 0.1) is 13.8 Å². The molecule has 2 rings (SSSR count). The van der Waals surface area contributed by atoms with Crippen molar-refractivity contribution in [3.05, 3.63) is 29.1 Å². The van der Waals surface area contributed by atoms with E-state index in [1.54, 1.807) is 0 Å². The molecular formula is C13H18N2. The van der Waals surface area contributed by atoms with Gasteiger partial charge in [-0.05, 0) is 37.0 Å². The Morgan fingerprint density at radius 3 is 2.47 bits per heavy atom. The fourth-order valence-corrected chi connectivity index (χ4v) is 1.93. The van der Waals surface area contributed by atoms with Crippen LogP contribution in [0.5, 0.6) is 0 Å². The number of nitrogens with zero attached hydrogens (tertiary/aromatic N) is 2. The zero-order valence-electron chi connectivity index (χ0n) is 10.1. The topological polar surface area (TPSA) is 17.8 Å². The molecule has 0 unspecified atom stereocenters. The number of imidazole rings is 1. The average Bonchev–Trinajstić information content (AvgIpc) is 2.45. The van der Waals surface area contributed by atoms with Gasteiger partial charge in [-0.1, -0.05) is 19.9 Å². The Balaban J connectivity index is 2.79. The van der Waals surface area contributed by atoms with Crippen LogP contribution in [-0.4, -0.2) is 9.55 Å². The van der Waals surface area contributed by atoms with Gasteiger partial charge in [0.1, 0.15) is 5.82 Å². The predicted octanol–water partition coefficient (Wildman–Crippen LogP) is 3.31. The van der Waals surface area contributed by atoms with E-state index in [1.165, 1.54) is 16.6 Å². The van der Waals surface area contributed by atoms with E-state index in [0.29, 0.717) is 5.92 Å². The minimum atomic E-state index is 0.573. The van der Waals surface area contributed by atoms with E-state index in [2.05, 4.69) is 56.4 Å². The first-order valence-electron chi connectivity index (χ1n) is 5.44. The largest absolute Gasteiger partial charge is 0.331 e. The highest BCUT2D eigenvalue weighted by Gasteiger charge is 2.09. The smallest absolute Gasteiger partial charge is 0.106 e. The van der Waals surface area contributed by atoms with Crippen LogP contribution in [0.4, 0.5) is 0 Å². The van der Waals surface area contributed by atoms with Crippen LogP contribution in [-0.2, 0) is 7.05 Å². The molecule has 0 amide bonds. The molecule has 0 N–H and O–H groups in total. The van der Waals surface area contributed by atoms with Gasteiger partial charge in [-0.3, -0.25) is 0 Å². The van der Waals surface area contributed by atoms with Crippen LogP contribution in [0.3, 0.4) is 0 Å². The van der Waals surface area contributed by atoms with E-state index in [-0.39, 0.29) is 0 Å². The maximum Gasteiger partial charge on any atom is 0.106 e. The van der Waals surface area contributed by atoms with Crippen LogP contribution in [0.25, 0.3) is 11.0 Å². The van der Waals surface area contributed by atoms with Crippen molar-refractivity contribution in [1.29, 1.82) is 0 Å². The molecule has 15 heavy (non-hydrogen) atoms. The lowest BCUT2D eigenvalue weighted by atomic mass is 10.0.